The molecule has 0 bridgehead atoms. The predicted molar refractivity (Wildman–Crippen MR) is 154 cm³/mol. The molecule has 1 heterocycles. The highest BCUT2D eigenvalue weighted by atomic mass is 35.5. The Balaban J connectivity index is 1.47. The van der Waals surface area contributed by atoms with Crippen molar-refractivity contribution in [3.63, 3.8) is 0 Å². The fourth-order valence-corrected chi connectivity index (χ4v) is 5.72. The highest BCUT2D eigenvalue weighted by Crippen LogP contribution is 2.34. The fraction of sp³-hybridized carbons (Fsp3) is 0.355. The lowest BCUT2D eigenvalue weighted by Gasteiger charge is -2.43. The standard InChI is InChI=1S/C31H35Cl2N3O2/c1-23(37)34-31(26-11-7-4-8-12-26)16-19-36(20-17-31)18-15-27(25-13-14-28(32)29(33)21-25)30(38)35(2)22-24-9-5-3-6-10-24/h3-14,21,27H,15-20,22H2,1-2H3,(H,34,37)/t27-/m0/s1. The van der Waals surface area contributed by atoms with Crippen molar-refractivity contribution >= 4 is 35.0 Å². The van der Waals surface area contributed by atoms with Gasteiger partial charge in [-0.25, -0.2) is 0 Å². The molecule has 0 saturated carbocycles. The summed E-state index contributed by atoms with van der Waals surface area (Å²) < 4.78 is 0. The maximum Gasteiger partial charge on any atom is 0.230 e. The number of halogens is 2. The van der Waals surface area contributed by atoms with E-state index in [1.165, 1.54) is 0 Å². The molecule has 1 aliphatic heterocycles. The molecule has 1 saturated heterocycles. The number of hydrogen-bond donors (Lipinski definition) is 1. The van der Waals surface area contributed by atoms with Crippen LogP contribution in [0.15, 0.2) is 78.9 Å². The van der Waals surface area contributed by atoms with Gasteiger partial charge in [0.05, 0.1) is 21.5 Å². The zero-order chi connectivity index (χ0) is 27.1. The SMILES string of the molecule is CC(=O)NC1(c2ccccc2)CCN(CC[C@H](C(=O)N(C)Cc2ccccc2)c2ccc(Cl)c(Cl)c2)CC1. The largest absolute Gasteiger partial charge is 0.347 e. The summed E-state index contributed by atoms with van der Waals surface area (Å²) >= 11 is 12.5. The molecule has 1 aliphatic rings. The number of amides is 2. The molecule has 1 N–H and O–H groups in total. The normalized spacial score (nSPS) is 16.0. The van der Waals surface area contributed by atoms with Gasteiger partial charge in [0, 0.05) is 33.6 Å². The van der Waals surface area contributed by atoms with Crippen molar-refractivity contribution in [3.05, 3.63) is 106 Å². The minimum atomic E-state index is -0.363. The molecule has 7 heteroatoms. The first-order chi connectivity index (χ1) is 18.3. The average Bonchev–Trinajstić information content (AvgIpc) is 2.92. The Morgan fingerprint density at radius 3 is 2.18 bits per heavy atom. The van der Waals surface area contributed by atoms with E-state index in [-0.39, 0.29) is 23.3 Å². The summed E-state index contributed by atoms with van der Waals surface area (Å²) in [4.78, 5) is 30.0. The summed E-state index contributed by atoms with van der Waals surface area (Å²) in [6, 6.07) is 25.7. The van der Waals surface area contributed by atoms with Crippen LogP contribution in [-0.2, 0) is 21.7 Å². The highest BCUT2D eigenvalue weighted by Gasteiger charge is 2.37. The average molecular weight is 553 g/mol. The quantitative estimate of drug-likeness (QED) is 0.341. The van der Waals surface area contributed by atoms with Crippen molar-refractivity contribution < 1.29 is 9.59 Å². The van der Waals surface area contributed by atoms with Crippen molar-refractivity contribution in [2.75, 3.05) is 26.7 Å². The van der Waals surface area contributed by atoms with Crippen molar-refractivity contribution in [2.24, 2.45) is 0 Å². The summed E-state index contributed by atoms with van der Waals surface area (Å²) in [7, 11) is 1.85. The van der Waals surface area contributed by atoms with Gasteiger partial charge < -0.3 is 15.1 Å². The fourth-order valence-electron chi connectivity index (χ4n) is 5.41. The molecule has 1 atom stereocenters. The summed E-state index contributed by atoms with van der Waals surface area (Å²) in [6.45, 7) is 4.55. The number of carbonyl (C=O) groups is 2. The third-order valence-electron chi connectivity index (χ3n) is 7.47. The lowest BCUT2D eigenvalue weighted by Crippen LogP contribution is -2.52. The molecule has 3 aromatic rings. The third kappa shape index (κ3) is 6.96. The van der Waals surface area contributed by atoms with Gasteiger partial charge in [-0.05, 0) is 54.6 Å². The maximum atomic E-state index is 13.7. The van der Waals surface area contributed by atoms with E-state index in [1.54, 1.807) is 17.9 Å². The van der Waals surface area contributed by atoms with Crippen LogP contribution in [0.5, 0.6) is 0 Å². The molecular formula is C31H35Cl2N3O2. The lowest BCUT2D eigenvalue weighted by molar-refractivity contribution is -0.132. The van der Waals surface area contributed by atoms with E-state index in [0.29, 0.717) is 23.0 Å². The van der Waals surface area contributed by atoms with Crippen molar-refractivity contribution in [2.45, 2.75) is 44.2 Å². The van der Waals surface area contributed by atoms with Crippen LogP contribution < -0.4 is 5.32 Å². The molecule has 0 radical (unpaired) electrons. The van der Waals surface area contributed by atoms with Gasteiger partial charge in [-0.3, -0.25) is 9.59 Å². The van der Waals surface area contributed by atoms with Crippen molar-refractivity contribution in [1.29, 1.82) is 0 Å². The second-order valence-corrected chi connectivity index (χ2v) is 11.0. The number of benzene rings is 3. The van der Waals surface area contributed by atoms with E-state index in [1.807, 2.05) is 67.7 Å². The van der Waals surface area contributed by atoms with E-state index in [2.05, 4.69) is 22.3 Å². The molecule has 0 unspecified atom stereocenters. The first kappa shape index (κ1) is 28.2. The van der Waals surface area contributed by atoms with E-state index in [4.69, 9.17) is 23.2 Å². The second-order valence-electron chi connectivity index (χ2n) is 10.2. The number of nitrogens with one attached hydrogen (secondary N) is 1. The number of likely N-dealkylation sites (N-methyl/N-ethyl adjacent to an activating group) is 1. The zero-order valence-corrected chi connectivity index (χ0v) is 23.5. The Hall–Kier alpha value is -2.86. The molecular weight excluding hydrogens is 517 g/mol. The number of likely N-dealkylation sites (tertiary alicyclic amines) is 1. The Morgan fingerprint density at radius 2 is 1.58 bits per heavy atom. The first-order valence-electron chi connectivity index (χ1n) is 13.1. The van der Waals surface area contributed by atoms with Gasteiger partial charge in [0.1, 0.15) is 0 Å². The Kier molecular flexibility index (Phi) is 9.48. The van der Waals surface area contributed by atoms with Crippen LogP contribution >= 0.6 is 23.2 Å². The smallest absolute Gasteiger partial charge is 0.230 e. The number of carbonyl (C=O) groups excluding carboxylic acids is 2. The Bertz CT molecular complexity index is 1230. The van der Waals surface area contributed by atoms with Crippen molar-refractivity contribution in [3.8, 4) is 0 Å². The second kappa shape index (κ2) is 12.8. The van der Waals surface area contributed by atoms with Crippen LogP contribution in [0.25, 0.3) is 0 Å². The molecule has 0 spiro atoms. The summed E-state index contributed by atoms with van der Waals surface area (Å²) in [5.74, 6) is -0.301. The first-order valence-corrected chi connectivity index (χ1v) is 13.8. The molecule has 38 heavy (non-hydrogen) atoms. The van der Waals surface area contributed by atoms with Crippen molar-refractivity contribution in [1.82, 2.24) is 15.1 Å². The number of nitrogens with zero attached hydrogens (tertiary/aromatic N) is 2. The Morgan fingerprint density at radius 1 is 0.947 bits per heavy atom. The van der Waals surface area contributed by atoms with Crippen LogP contribution in [0.1, 0.15) is 48.8 Å². The van der Waals surface area contributed by atoms with Gasteiger partial charge >= 0.3 is 0 Å². The summed E-state index contributed by atoms with van der Waals surface area (Å²) in [6.07, 6.45) is 2.29. The Labute approximate surface area is 235 Å². The van der Waals surface area contributed by atoms with E-state index in [0.717, 1.165) is 49.2 Å². The third-order valence-corrected chi connectivity index (χ3v) is 8.21. The summed E-state index contributed by atoms with van der Waals surface area (Å²) in [5, 5.41) is 4.17. The molecule has 1 fully saturated rings. The molecule has 200 valence electrons. The topological polar surface area (TPSA) is 52.7 Å². The molecule has 4 rings (SSSR count). The van der Waals surface area contributed by atoms with Crippen LogP contribution in [0.3, 0.4) is 0 Å². The van der Waals surface area contributed by atoms with Crippen LogP contribution in [0.4, 0.5) is 0 Å². The van der Waals surface area contributed by atoms with Gasteiger partial charge in [-0.2, -0.15) is 0 Å². The minimum Gasteiger partial charge on any atom is -0.347 e. The maximum absolute atomic E-state index is 13.7. The van der Waals surface area contributed by atoms with Gasteiger partial charge in [0.2, 0.25) is 11.8 Å². The predicted octanol–water partition coefficient (Wildman–Crippen LogP) is 6.25. The van der Waals surface area contributed by atoms with Gasteiger partial charge in [-0.15, -0.1) is 0 Å². The van der Waals surface area contributed by atoms with E-state index in [9.17, 15) is 9.59 Å². The van der Waals surface area contributed by atoms with Gasteiger partial charge in [-0.1, -0.05) is 89.9 Å². The number of rotatable bonds is 9. The molecule has 3 aromatic carbocycles. The summed E-state index contributed by atoms with van der Waals surface area (Å²) in [5.41, 5.74) is 2.74. The molecule has 5 nitrogen and oxygen atoms in total. The van der Waals surface area contributed by atoms with Crippen LogP contribution in [0, 0.1) is 0 Å². The lowest BCUT2D eigenvalue weighted by atomic mass is 9.80. The minimum absolute atomic E-state index is 0.0194. The van der Waals surface area contributed by atoms with Gasteiger partial charge in [0.25, 0.3) is 0 Å². The highest BCUT2D eigenvalue weighted by molar-refractivity contribution is 6.42. The van der Waals surface area contributed by atoms with Crippen LogP contribution in [0.2, 0.25) is 10.0 Å². The molecule has 2 amide bonds. The van der Waals surface area contributed by atoms with E-state index >= 15 is 0 Å². The van der Waals surface area contributed by atoms with Gasteiger partial charge in [0.15, 0.2) is 0 Å². The van der Waals surface area contributed by atoms with E-state index < -0.39 is 0 Å². The number of piperidine rings is 1. The monoisotopic (exact) mass is 551 g/mol. The zero-order valence-electron chi connectivity index (χ0n) is 22.0. The number of hydrogen-bond acceptors (Lipinski definition) is 3. The van der Waals surface area contributed by atoms with Crippen LogP contribution in [-0.4, -0.2) is 48.3 Å². The molecule has 0 aliphatic carbocycles. The molecule has 0 aromatic heterocycles.